The van der Waals surface area contributed by atoms with Crippen LogP contribution in [0.3, 0.4) is 0 Å². The number of nitrogens with zero attached hydrogens (tertiary/aromatic N) is 3. The lowest BCUT2D eigenvalue weighted by molar-refractivity contribution is 0.141. The van der Waals surface area contributed by atoms with Gasteiger partial charge in [-0.15, -0.1) is 0 Å². The summed E-state index contributed by atoms with van der Waals surface area (Å²) in [5, 5.41) is 1.26. The molecule has 0 bridgehead atoms. The molecule has 3 heterocycles. The van der Waals surface area contributed by atoms with Crippen molar-refractivity contribution in [1.29, 1.82) is 0 Å². The van der Waals surface area contributed by atoms with E-state index < -0.39 is 0 Å². The van der Waals surface area contributed by atoms with Crippen molar-refractivity contribution in [2.75, 3.05) is 31.1 Å². The molecule has 3 nitrogen and oxygen atoms in total. The Kier molecular flexibility index (Phi) is 4.21. The van der Waals surface area contributed by atoms with Crippen LogP contribution in [0.25, 0.3) is 10.9 Å². The predicted octanol–water partition coefficient (Wildman–Crippen LogP) is 4.00. The van der Waals surface area contributed by atoms with E-state index in [-0.39, 0.29) is 0 Å². The molecule has 2 aliphatic heterocycles. The van der Waals surface area contributed by atoms with Crippen LogP contribution in [0.4, 0.5) is 5.69 Å². The number of rotatable bonds is 2. The SMILES string of the molecule is Cc1ccc2ncc(N3CCC(N4CCCCC4)CC3)cc2c1. The van der Waals surface area contributed by atoms with E-state index in [1.165, 1.54) is 74.9 Å². The van der Waals surface area contributed by atoms with Crippen LogP contribution < -0.4 is 4.90 Å². The summed E-state index contributed by atoms with van der Waals surface area (Å²) in [5.41, 5.74) is 3.70. The van der Waals surface area contributed by atoms with Crippen LogP contribution in [-0.4, -0.2) is 42.1 Å². The molecule has 2 saturated heterocycles. The number of anilines is 1. The number of likely N-dealkylation sites (tertiary alicyclic amines) is 1. The maximum absolute atomic E-state index is 4.65. The van der Waals surface area contributed by atoms with Gasteiger partial charge in [-0.3, -0.25) is 4.98 Å². The zero-order chi connectivity index (χ0) is 15.6. The van der Waals surface area contributed by atoms with E-state index in [1.807, 2.05) is 0 Å². The first-order valence-corrected chi connectivity index (χ1v) is 9.15. The van der Waals surface area contributed by atoms with Crippen LogP contribution in [-0.2, 0) is 0 Å². The maximum atomic E-state index is 4.65. The van der Waals surface area contributed by atoms with Gasteiger partial charge in [0.1, 0.15) is 0 Å². The molecular formula is C20H27N3. The lowest BCUT2D eigenvalue weighted by atomic mass is 9.99. The van der Waals surface area contributed by atoms with E-state index in [4.69, 9.17) is 0 Å². The maximum Gasteiger partial charge on any atom is 0.0703 e. The van der Waals surface area contributed by atoms with E-state index in [0.717, 1.165) is 11.6 Å². The van der Waals surface area contributed by atoms with Crippen LogP contribution in [0.5, 0.6) is 0 Å². The van der Waals surface area contributed by atoms with Gasteiger partial charge in [-0.05, 0) is 63.9 Å². The fourth-order valence-corrected chi connectivity index (χ4v) is 4.19. The molecule has 0 N–H and O–H groups in total. The summed E-state index contributed by atoms with van der Waals surface area (Å²) in [4.78, 5) is 9.92. The molecule has 2 aliphatic rings. The van der Waals surface area contributed by atoms with Crippen molar-refractivity contribution >= 4 is 16.6 Å². The molecule has 1 aromatic heterocycles. The third-order valence-corrected chi connectivity index (χ3v) is 5.56. The van der Waals surface area contributed by atoms with E-state index in [2.05, 4.69) is 52.2 Å². The van der Waals surface area contributed by atoms with Crippen LogP contribution in [0, 0.1) is 6.92 Å². The second-order valence-corrected chi connectivity index (χ2v) is 7.20. The second kappa shape index (κ2) is 6.48. The number of benzene rings is 1. The summed E-state index contributed by atoms with van der Waals surface area (Å²) in [6.45, 7) is 7.12. The topological polar surface area (TPSA) is 19.4 Å². The van der Waals surface area contributed by atoms with Crippen molar-refractivity contribution in [2.45, 2.75) is 45.1 Å². The number of piperidine rings is 2. The van der Waals surface area contributed by atoms with Gasteiger partial charge in [0.15, 0.2) is 0 Å². The minimum atomic E-state index is 0.808. The first kappa shape index (κ1) is 14.9. The lowest BCUT2D eigenvalue weighted by Gasteiger charge is -2.40. The first-order chi connectivity index (χ1) is 11.3. The third kappa shape index (κ3) is 3.20. The highest BCUT2D eigenvalue weighted by Gasteiger charge is 2.25. The summed E-state index contributed by atoms with van der Waals surface area (Å²) < 4.78 is 0. The van der Waals surface area contributed by atoms with Crippen LogP contribution in [0.2, 0.25) is 0 Å². The number of fused-ring (bicyclic) bond motifs is 1. The minimum absolute atomic E-state index is 0.808. The monoisotopic (exact) mass is 309 g/mol. The van der Waals surface area contributed by atoms with Gasteiger partial charge in [0.2, 0.25) is 0 Å². The molecule has 122 valence electrons. The quantitative estimate of drug-likeness (QED) is 0.836. The Morgan fingerprint density at radius 3 is 2.52 bits per heavy atom. The second-order valence-electron chi connectivity index (χ2n) is 7.20. The Morgan fingerprint density at radius 2 is 1.74 bits per heavy atom. The average Bonchev–Trinajstić information content (AvgIpc) is 2.62. The number of pyridine rings is 1. The fraction of sp³-hybridized carbons (Fsp3) is 0.550. The van der Waals surface area contributed by atoms with Crippen molar-refractivity contribution in [2.24, 2.45) is 0 Å². The van der Waals surface area contributed by atoms with Crippen molar-refractivity contribution in [3.05, 3.63) is 36.0 Å². The Morgan fingerprint density at radius 1 is 0.957 bits per heavy atom. The molecule has 3 heteroatoms. The molecule has 1 aromatic carbocycles. The minimum Gasteiger partial charge on any atom is -0.370 e. The van der Waals surface area contributed by atoms with Crippen molar-refractivity contribution in [3.63, 3.8) is 0 Å². The molecule has 0 saturated carbocycles. The molecule has 2 fully saturated rings. The van der Waals surface area contributed by atoms with Gasteiger partial charge in [0.05, 0.1) is 17.4 Å². The molecule has 23 heavy (non-hydrogen) atoms. The Labute approximate surface area is 139 Å². The van der Waals surface area contributed by atoms with Gasteiger partial charge >= 0.3 is 0 Å². The molecule has 2 aromatic rings. The number of hydrogen-bond acceptors (Lipinski definition) is 3. The molecule has 0 unspecified atom stereocenters. The fourth-order valence-electron chi connectivity index (χ4n) is 4.19. The van der Waals surface area contributed by atoms with E-state index in [9.17, 15) is 0 Å². The molecule has 0 aliphatic carbocycles. The summed E-state index contributed by atoms with van der Waals surface area (Å²) >= 11 is 0. The van der Waals surface area contributed by atoms with Crippen molar-refractivity contribution in [1.82, 2.24) is 9.88 Å². The molecule has 0 radical (unpaired) electrons. The van der Waals surface area contributed by atoms with E-state index in [1.54, 1.807) is 0 Å². The highest BCUT2D eigenvalue weighted by atomic mass is 15.2. The third-order valence-electron chi connectivity index (χ3n) is 5.56. The number of aryl methyl sites for hydroxylation is 1. The zero-order valence-electron chi connectivity index (χ0n) is 14.2. The Bertz CT molecular complexity index is 668. The normalized spacial score (nSPS) is 21.0. The van der Waals surface area contributed by atoms with Crippen molar-refractivity contribution in [3.8, 4) is 0 Å². The summed E-state index contributed by atoms with van der Waals surface area (Å²) in [6, 6.07) is 9.63. The van der Waals surface area contributed by atoms with Gasteiger partial charge in [0, 0.05) is 24.5 Å². The molecule has 0 atom stereocenters. The number of aromatic nitrogens is 1. The van der Waals surface area contributed by atoms with Crippen molar-refractivity contribution < 1.29 is 0 Å². The lowest BCUT2D eigenvalue weighted by Crippen LogP contribution is -2.46. The largest absolute Gasteiger partial charge is 0.370 e. The Balaban J connectivity index is 1.45. The number of hydrogen-bond donors (Lipinski definition) is 0. The van der Waals surface area contributed by atoms with E-state index >= 15 is 0 Å². The van der Waals surface area contributed by atoms with E-state index in [0.29, 0.717) is 0 Å². The van der Waals surface area contributed by atoms with Gasteiger partial charge < -0.3 is 9.80 Å². The van der Waals surface area contributed by atoms with Gasteiger partial charge in [-0.2, -0.15) is 0 Å². The highest BCUT2D eigenvalue weighted by molar-refractivity contribution is 5.82. The highest BCUT2D eigenvalue weighted by Crippen LogP contribution is 2.26. The molecule has 0 amide bonds. The predicted molar refractivity (Wildman–Crippen MR) is 97.1 cm³/mol. The van der Waals surface area contributed by atoms with Gasteiger partial charge in [0.25, 0.3) is 0 Å². The van der Waals surface area contributed by atoms with Crippen LogP contribution in [0.15, 0.2) is 30.5 Å². The van der Waals surface area contributed by atoms with Crippen LogP contribution >= 0.6 is 0 Å². The molecule has 4 rings (SSSR count). The molecule has 0 spiro atoms. The Hall–Kier alpha value is -1.61. The smallest absolute Gasteiger partial charge is 0.0703 e. The first-order valence-electron chi connectivity index (χ1n) is 9.15. The van der Waals surface area contributed by atoms with Crippen LogP contribution in [0.1, 0.15) is 37.7 Å². The molecular weight excluding hydrogens is 282 g/mol. The van der Waals surface area contributed by atoms with Gasteiger partial charge in [-0.25, -0.2) is 0 Å². The summed E-state index contributed by atoms with van der Waals surface area (Å²) in [7, 11) is 0. The standard InChI is InChI=1S/C20H27N3/c1-16-5-6-20-17(13-16)14-19(15-21-20)23-11-7-18(8-12-23)22-9-3-2-4-10-22/h5-6,13-15,18H,2-4,7-12H2,1H3. The summed E-state index contributed by atoms with van der Waals surface area (Å²) in [6.07, 6.45) is 8.87. The van der Waals surface area contributed by atoms with Gasteiger partial charge in [-0.1, -0.05) is 18.1 Å². The zero-order valence-corrected chi connectivity index (χ0v) is 14.2. The average molecular weight is 309 g/mol. The summed E-state index contributed by atoms with van der Waals surface area (Å²) in [5.74, 6) is 0.